The van der Waals surface area contributed by atoms with Gasteiger partial charge in [0.25, 0.3) is 0 Å². The van der Waals surface area contributed by atoms with E-state index in [1.807, 2.05) is 18.2 Å². The van der Waals surface area contributed by atoms with Crippen LogP contribution in [0.25, 0.3) is 0 Å². The molecule has 0 spiro atoms. The van der Waals surface area contributed by atoms with Crippen LogP contribution in [0.3, 0.4) is 0 Å². The summed E-state index contributed by atoms with van der Waals surface area (Å²) in [5.74, 6) is 0. The number of nitrogens with one attached hydrogen (secondary N) is 1. The molecule has 0 aromatic heterocycles. The van der Waals surface area contributed by atoms with Gasteiger partial charge in [0.1, 0.15) is 6.07 Å². The Hall–Kier alpha value is -1.05. The van der Waals surface area contributed by atoms with Crippen molar-refractivity contribution in [2.45, 2.75) is 19.8 Å². The van der Waals surface area contributed by atoms with E-state index in [1.54, 1.807) is 0 Å². The quantitative estimate of drug-likeness (QED) is 0.928. The number of rotatable bonds is 3. The molecule has 1 aliphatic heterocycles. The molecular weight excluding hydrogens is 292 g/mol. The molecule has 1 saturated heterocycles. The third-order valence-electron chi connectivity index (χ3n) is 3.51. The largest absolute Gasteiger partial charge is 0.383 e. The summed E-state index contributed by atoms with van der Waals surface area (Å²) in [4.78, 5) is 0. The number of nitrogens with zero attached hydrogens (tertiary/aromatic N) is 1. The lowest BCUT2D eigenvalue weighted by atomic mass is 9.82. The second-order valence-corrected chi connectivity index (χ2v) is 5.99. The van der Waals surface area contributed by atoms with E-state index in [0.717, 1.165) is 42.8 Å². The Morgan fingerprint density at radius 3 is 2.83 bits per heavy atom. The first-order valence-electron chi connectivity index (χ1n) is 6.14. The molecule has 0 bridgehead atoms. The Kier molecular flexibility index (Phi) is 4.26. The lowest BCUT2D eigenvalue weighted by Gasteiger charge is -2.34. The molecule has 1 fully saturated rings. The average molecular weight is 309 g/mol. The molecule has 0 atom stereocenters. The topological polar surface area (TPSA) is 45.0 Å². The molecule has 2 rings (SSSR count). The molecule has 0 aliphatic carbocycles. The van der Waals surface area contributed by atoms with Crippen molar-refractivity contribution in [3.63, 3.8) is 0 Å². The van der Waals surface area contributed by atoms with Gasteiger partial charge in [-0.3, -0.25) is 0 Å². The molecule has 1 heterocycles. The molecule has 1 aromatic carbocycles. The molecule has 1 aromatic rings. The van der Waals surface area contributed by atoms with Gasteiger partial charge in [-0.2, -0.15) is 5.26 Å². The van der Waals surface area contributed by atoms with Crippen molar-refractivity contribution in [2.75, 3.05) is 25.1 Å². The maximum absolute atomic E-state index is 9.11. The fourth-order valence-corrected chi connectivity index (χ4v) is 2.47. The van der Waals surface area contributed by atoms with Crippen LogP contribution in [0.5, 0.6) is 0 Å². The zero-order valence-corrected chi connectivity index (χ0v) is 12.1. The Morgan fingerprint density at radius 2 is 2.17 bits per heavy atom. The van der Waals surface area contributed by atoms with Crippen LogP contribution >= 0.6 is 15.9 Å². The van der Waals surface area contributed by atoms with Crippen LogP contribution in [0.15, 0.2) is 22.7 Å². The molecule has 1 aliphatic rings. The fraction of sp³-hybridized carbons (Fsp3) is 0.500. The van der Waals surface area contributed by atoms with Gasteiger partial charge in [-0.15, -0.1) is 0 Å². The summed E-state index contributed by atoms with van der Waals surface area (Å²) in [5.41, 5.74) is 1.85. The smallest absolute Gasteiger partial charge is 0.101 e. The highest BCUT2D eigenvalue weighted by molar-refractivity contribution is 9.10. The lowest BCUT2D eigenvalue weighted by Crippen LogP contribution is -2.33. The van der Waals surface area contributed by atoms with E-state index in [-0.39, 0.29) is 5.41 Å². The van der Waals surface area contributed by atoms with Crippen LogP contribution in [-0.4, -0.2) is 19.8 Å². The normalized spacial score (nSPS) is 18.1. The third-order valence-corrected chi connectivity index (χ3v) is 4.00. The third kappa shape index (κ3) is 3.24. The van der Waals surface area contributed by atoms with Crippen molar-refractivity contribution in [1.82, 2.24) is 0 Å². The highest BCUT2D eigenvalue weighted by Crippen LogP contribution is 2.30. The van der Waals surface area contributed by atoms with Crippen LogP contribution in [-0.2, 0) is 4.74 Å². The summed E-state index contributed by atoms with van der Waals surface area (Å²) >= 11 is 3.38. The summed E-state index contributed by atoms with van der Waals surface area (Å²) in [6, 6.07) is 7.96. The molecular formula is C14H17BrN2O. The zero-order chi connectivity index (χ0) is 13.0. The van der Waals surface area contributed by atoms with Crippen LogP contribution in [0.2, 0.25) is 0 Å². The average Bonchev–Trinajstić information content (AvgIpc) is 2.38. The van der Waals surface area contributed by atoms with E-state index in [2.05, 4.69) is 34.2 Å². The molecule has 4 heteroatoms. The SMILES string of the molecule is CC1(CNc2ccc(Br)cc2C#N)CCOCC1. The highest BCUT2D eigenvalue weighted by atomic mass is 79.9. The molecule has 3 nitrogen and oxygen atoms in total. The van der Waals surface area contributed by atoms with E-state index < -0.39 is 0 Å². The van der Waals surface area contributed by atoms with E-state index >= 15 is 0 Å². The molecule has 0 radical (unpaired) electrons. The predicted octanol–water partition coefficient (Wildman–Crippen LogP) is 3.55. The Labute approximate surface area is 116 Å². The van der Waals surface area contributed by atoms with Crippen LogP contribution in [0.4, 0.5) is 5.69 Å². The number of nitriles is 1. The molecule has 0 amide bonds. The zero-order valence-electron chi connectivity index (χ0n) is 10.5. The van der Waals surface area contributed by atoms with Crippen molar-refractivity contribution in [2.24, 2.45) is 5.41 Å². The second kappa shape index (κ2) is 5.73. The molecule has 1 N–H and O–H groups in total. The number of hydrogen-bond donors (Lipinski definition) is 1. The standard InChI is InChI=1S/C14H17BrN2O/c1-14(4-6-18-7-5-14)10-17-13-3-2-12(15)8-11(13)9-16/h2-3,8,17H,4-7,10H2,1H3. The molecule has 96 valence electrons. The van der Waals surface area contributed by atoms with Gasteiger partial charge >= 0.3 is 0 Å². The van der Waals surface area contributed by atoms with E-state index in [9.17, 15) is 0 Å². The van der Waals surface area contributed by atoms with Crippen LogP contribution in [0.1, 0.15) is 25.3 Å². The summed E-state index contributed by atoms with van der Waals surface area (Å²) in [5, 5.41) is 12.5. The number of halogens is 1. The second-order valence-electron chi connectivity index (χ2n) is 5.08. The maximum atomic E-state index is 9.11. The monoisotopic (exact) mass is 308 g/mol. The Balaban J connectivity index is 2.04. The van der Waals surface area contributed by atoms with Crippen molar-refractivity contribution in [3.8, 4) is 6.07 Å². The number of benzene rings is 1. The summed E-state index contributed by atoms with van der Waals surface area (Å²) in [6.45, 7) is 4.83. The molecule has 0 unspecified atom stereocenters. The first kappa shape index (κ1) is 13.4. The van der Waals surface area contributed by atoms with Crippen molar-refractivity contribution in [1.29, 1.82) is 5.26 Å². The predicted molar refractivity (Wildman–Crippen MR) is 75.5 cm³/mol. The van der Waals surface area contributed by atoms with Gasteiger partial charge in [0.05, 0.1) is 11.3 Å². The van der Waals surface area contributed by atoms with E-state index in [0.29, 0.717) is 5.56 Å². The first-order valence-corrected chi connectivity index (χ1v) is 6.94. The van der Waals surface area contributed by atoms with Crippen LogP contribution < -0.4 is 5.32 Å². The molecule has 18 heavy (non-hydrogen) atoms. The van der Waals surface area contributed by atoms with E-state index in [4.69, 9.17) is 10.00 Å². The van der Waals surface area contributed by atoms with Gasteiger partial charge in [-0.1, -0.05) is 22.9 Å². The number of anilines is 1. The maximum Gasteiger partial charge on any atom is 0.101 e. The minimum absolute atomic E-state index is 0.262. The highest BCUT2D eigenvalue weighted by Gasteiger charge is 2.27. The number of hydrogen-bond acceptors (Lipinski definition) is 3. The van der Waals surface area contributed by atoms with Crippen LogP contribution in [0, 0.1) is 16.7 Å². The minimum Gasteiger partial charge on any atom is -0.383 e. The van der Waals surface area contributed by atoms with Gasteiger partial charge in [0.2, 0.25) is 0 Å². The fourth-order valence-electron chi connectivity index (χ4n) is 2.11. The van der Waals surface area contributed by atoms with Gasteiger partial charge in [0.15, 0.2) is 0 Å². The van der Waals surface area contributed by atoms with E-state index in [1.165, 1.54) is 0 Å². The summed E-state index contributed by atoms with van der Waals surface area (Å²) < 4.78 is 6.32. The van der Waals surface area contributed by atoms with Crippen molar-refractivity contribution >= 4 is 21.6 Å². The lowest BCUT2D eigenvalue weighted by molar-refractivity contribution is 0.0300. The van der Waals surface area contributed by atoms with Gasteiger partial charge in [-0.05, 0) is 36.5 Å². The summed E-state index contributed by atoms with van der Waals surface area (Å²) in [6.07, 6.45) is 2.14. The number of ether oxygens (including phenoxy) is 1. The minimum atomic E-state index is 0.262. The van der Waals surface area contributed by atoms with Gasteiger partial charge in [-0.25, -0.2) is 0 Å². The van der Waals surface area contributed by atoms with Crippen molar-refractivity contribution < 1.29 is 4.74 Å². The Bertz CT molecular complexity index is 461. The van der Waals surface area contributed by atoms with Crippen molar-refractivity contribution in [3.05, 3.63) is 28.2 Å². The van der Waals surface area contributed by atoms with Gasteiger partial charge < -0.3 is 10.1 Å². The summed E-state index contributed by atoms with van der Waals surface area (Å²) in [7, 11) is 0. The Morgan fingerprint density at radius 1 is 1.44 bits per heavy atom. The van der Waals surface area contributed by atoms with Gasteiger partial charge in [0, 0.05) is 24.2 Å². The molecule has 0 saturated carbocycles. The first-order chi connectivity index (χ1) is 8.63.